The van der Waals surface area contributed by atoms with Crippen molar-refractivity contribution in [1.82, 2.24) is 25.2 Å². The van der Waals surface area contributed by atoms with Crippen LogP contribution in [0.2, 0.25) is 0 Å². The summed E-state index contributed by atoms with van der Waals surface area (Å²) < 4.78 is 0. The van der Waals surface area contributed by atoms with Gasteiger partial charge in [0.1, 0.15) is 0 Å². The fourth-order valence-electron chi connectivity index (χ4n) is 3.88. The molecule has 2 saturated heterocycles. The molecule has 3 heterocycles. The monoisotopic (exact) mass is 396 g/mol. The Morgan fingerprint density at radius 3 is 2.45 bits per heavy atom. The van der Waals surface area contributed by atoms with Crippen molar-refractivity contribution >= 4 is 17.5 Å². The number of amides is 2. The third kappa shape index (κ3) is 4.64. The minimum atomic E-state index is -0.297. The molecule has 1 aromatic carbocycles. The van der Waals surface area contributed by atoms with Crippen LogP contribution in [0, 0.1) is 5.92 Å². The number of nitrogens with one attached hydrogen (secondary N) is 2. The minimum absolute atomic E-state index is 0.0553. The fourth-order valence-corrected chi connectivity index (χ4v) is 3.88. The summed E-state index contributed by atoms with van der Waals surface area (Å²) in [5.74, 6) is 0.443. The highest BCUT2D eigenvalue weighted by atomic mass is 16.2. The molecule has 0 radical (unpaired) electrons. The standard InChI is InChI=1S/C21H28N6O2/c1-15-8-12-26(13-9-15)21(29)16-2-4-17(5-3-16)24-20(28)19-14-23-27(25-19)18-6-10-22-11-7-18/h2-5,14-15,18,22H,6-13H2,1H3,(H,24,28). The Morgan fingerprint density at radius 1 is 1.07 bits per heavy atom. The van der Waals surface area contributed by atoms with Gasteiger partial charge in [0.15, 0.2) is 5.69 Å². The zero-order valence-corrected chi connectivity index (χ0v) is 16.8. The first kappa shape index (κ1) is 19.6. The number of piperidine rings is 2. The molecule has 0 unspecified atom stereocenters. The number of carbonyl (C=O) groups is 2. The summed E-state index contributed by atoms with van der Waals surface area (Å²) in [6.07, 6.45) is 5.53. The average molecular weight is 396 g/mol. The number of likely N-dealkylation sites (tertiary alicyclic amines) is 1. The lowest BCUT2D eigenvalue weighted by Crippen LogP contribution is -2.37. The van der Waals surface area contributed by atoms with E-state index < -0.39 is 0 Å². The predicted molar refractivity (Wildman–Crippen MR) is 110 cm³/mol. The molecule has 0 saturated carbocycles. The summed E-state index contributed by atoms with van der Waals surface area (Å²) in [7, 11) is 0. The van der Waals surface area contributed by atoms with E-state index in [-0.39, 0.29) is 17.9 Å². The number of nitrogens with zero attached hydrogens (tertiary/aromatic N) is 4. The van der Waals surface area contributed by atoms with Crippen LogP contribution in [-0.2, 0) is 0 Å². The molecule has 2 aromatic rings. The van der Waals surface area contributed by atoms with E-state index in [2.05, 4.69) is 27.8 Å². The minimum Gasteiger partial charge on any atom is -0.339 e. The molecule has 2 aliphatic heterocycles. The quantitative estimate of drug-likeness (QED) is 0.828. The molecule has 8 heteroatoms. The molecule has 2 N–H and O–H groups in total. The fraction of sp³-hybridized carbons (Fsp3) is 0.524. The van der Waals surface area contributed by atoms with Gasteiger partial charge in [-0.2, -0.15) is 9.90 Å². The smallest absolute Gasteiger partial charge is 0.277 e. The lowest BCUT2D eigenvalue weighted by Gasteiger charge is -2.30. The molecule has 0 aliphatic carbocycles. The molecule has 0 spiro atoms. The van der Waals surface area contributed by atoms with Crippen molar-refractivity contribution in [2.45, 2.75) is 38.6 Å². The first-order chi connectivity index (χ1) is 14.1. The molecular formula is C21H28N6O2. The van der Waals surface area contributed by atoms with E-state index in [4.69, 9.17) is 0 Å². The maximum atomic E-state index is 12.6. The SMILES string of the molecule is CC1CCN(C(=O)c2ccc(NC(=O)c3cnn(C4CCNCC4)n3)cc2)CC1. The van der Waals surface area contributed by atoms with E-state index in [1.54, 1.807) is 29.1 Å². The van der Waals surface area contributed by atoms with Crippen LogP contribution in [0.15, 0.2) is 30.5 Å². The zero-order valence-electron chi connectivity index (χ0n) is 16.8. The largest absolute Gasteiger partial charge is 0.339 e. The van der Waals surface area contributed by atoms with Gasteiger partial charge in [0, 0.05) is 24.3 Å². The molecule has 8 nitrogen and oxygen atoms in total. The number of hydrogen-bond donors (Lipinski definition) is 2. The second-order valence-corrected chi connectivity index (χ2v) is 8.04. The molecule has 2 fully saturated rings. The first-order valence-corrected chi connectivity index (χ1v) is 10.4. The van der Waals surface area contributed by atoms with Crippen LogP contribution < -0.4 is 10.6 Å². The summed E-state index contributed by atoms with van der Waals surface area (Å²) in [4.78, 5) is 28.7. The van der Waals surface area contributed by atoms with E-state index in [1.165, 1.54) is 6.20 Å². The Kier molecular flexibility index (Phi) is 5.89. The van der Waals surface area contributed by atoms with E-state index >= 15 is 0 Å². The number of benzene rings is 1. The number of carbonyl (C=O) groups excluding carboxylic acids is 2. The Morgan fingerprint density at radius 2 is 1.76 bits per heavy atom. The van der Waals surface area contributed by atoms with Gasteiger partial charge in [-0.1, -0.05) is 6.92 Å². The second kappa shape index (κ2) is 8.73. The number of anilines is 1. The lowest BCUT2D eigenvalue weighted by molar-refractivity contribution is 0.0697. The first-order valence-electron chi connectivity index (χ1n) is 10.4. The van der Waals surface area contributed by atoms with E-state index in [0.29, 0.717) is 22.9 Å². The van der Waals surface area contributed by atoms with Gasteiger partial charge >= 0.3 is 0 Å². The highest BCUT2D eigenvalue weighted by Gasteiger charge is 2.22. The van der Waals surface area contributed by atoms with Crippen LogP contribution in [0.5, 0.6) is 0 Å². The van der Waals surface area contributed by atoms with Crippen LogP contribution in [0.1, 0.15) is 59.5 Å². The van der Waals surface area contributed by atoms with Gasteiger partial charge < -0.3 is 15.5 Å². The van der Waals surface area contributed by atoms with Gasteiger partial charge in [-0.05, 0) is 69.0 Å². The van der Waals surface area contributed by atoms with Crippen LogP contribution in [-0.4, -0.2) is 57.9 Å². The Labute approximate surface area is 170 Å². The van der Waals surface area contributed by atoms with Crippen molar-refractivity contribution in [3.8, 4) is 0 Å². The van der Waals surface area contributed by atoms with Gasteiger partial charge in [-0.15, -0.1) is 5.10 Å². The summed E-state index contributed by atoms with van der Waals surface area (Å²) in [6, 6.07) is 7.29. The summed E-state index contributed by atoms with van der Waals surface area (Å²) in [6.45, 7) is 5.73. The molecule has 1 aromatic heterocycles. The molecule has 2 amide bonds. The van der Waals surface area contributed by atoms with Crippen molar-refractivity contribution < 1.29 is 9.59 Å². The van der Waals surface area contributed by atoms with Crippen LogP contribution in [0.25, 0.3) is 0 Å². The van der Waals surface area contributed by atoms with E-state index in [0.717, 1.165) is 51.9 Å². The number of hydrogen-bond acceptors (Lipinski definition) is 5. The van der Waals surface area contributed by atoms with Crippen LogP contribution in [0.4, 0.5) is 5.69 Å². The van der Waals surface area contributed by atoms with Crippen molar-refractivity contribution in [2.75, 3.05) is 31.5 Å². The van der Waals surface area contributed by atoms with Crippen molar-refractivity contribution in [1.29, 1.82) is 0 Å². The normalized spacial score (nSPS) is 18.6. The van der Waals surface area contributed by atoms with E-state index in [1.807, 2.05) is 4.90 Å². The topological polar surface area (TPSA) is 92.2 Å². The average Bonchev–Trinajstić information content (AvgIpc) is 3.26. The van der Waals surface area contributed by atoms with Gasteiger partial charge in [-0.3, -0.25) is 9.59 Å². The lowest BCUT2D eigenvalue weighted by atomic mass is 9.98. The molecule has 0 bridgehead atoms. The van der Waals surface area contributed by atoms with Gasteiger partial charge in [0.05, 0.1) is 12.2 Å². The van der Waals surface area contributed by atoms with Crippen molar-refractivity contribution in [3.05, 3.63) is 41.7 Å². The van der Waals surface area contributed by atoms with Gasteiger partial charge in [0.2, 0.25) is 0 Å². The Hall–Kier alpha value is -2.74. The highest BCUT2D eigenvalue weighted by molar-refractivity contribution is 6.03. The zero-order chi connectivity index (χ0) is 20.2. The highest BCUT2D eigenvalue weighted by Crippen LogP contribution is 2.20. The second-order valence-electron chi connectivity index (χ2n) is 8.04. The van der Waals surface area contributed by atoms with Crippen LogP contribution >= 0.6 is 0 Å². The van der Waals surface area contributed by atoms with E-state index in [9.17, 15) is 9.59 Å². The number of rotatable bonds is 4. The Bertz CT molecular complexity index is 848. The molecule has 154 valence electrons. The van der Waals surface area contributed by atoms with Crippen molar-refractivity contribution in [2.24, 2.45) is 5.92 Å². The van der Waals surface area contributed by atoms with Gasteiger partial charge in [0.25, 0.3) is 11.8 Å². The third-order valence-corrected chi connectivity index (χ3v) is 5.84. The predicted octanol–water partition coefficient (Wildman–Crippen LogP) is 2.33. The molecule has 4 rings (SSSR count). The Balaban J connectivity index is 1.35. The molecular weight excluding hydrogens is 368 g/mol. The van der Waals surface area contributed by atoms with Crippen molar-refractivity contribution in [3.63, 3.8) is 0 Å². The van der Waals surface area contributed by atoms with Crippen LogP contribution in [0.3, 0.4) is 0 Å². The maximum Gasteiger partial charge on any atom is 0.277 e. The summed E-state index contributed by atoms with van der Waals surface area (Å²) in [5, 5.41) is 14.8. The summed E-state index contributed by atoms with van der Waals surface area (Å²) in [5.41, 5.74) is 1.58. The van der Waals surface area contributed by atoms with Gasteiger partial charge in [-0.25, -0.2) is 0 Å². The molecule has 0 atom stereocenters. The maximum absolute atomic E-state index is 12.6. The number of aromatic nitrogens is 3. The molecule has 2 aliphatic rings. The summed E-state index contributed by atoms with van der Waals surface area (Å²) >= 11 is 0. The molecule has 29 heavy (non-hydrogen) atoms. The third-order valence-electron chi connectivity index (χ3n) is 5.84.